The summed E-state index contributed by atoms with van der Waals surface area (Å²) < 4.78 is 5.05. The predicted octanol–water partition coefficient (Wildman–Crippen LogP) is 2.90. The number of aromatic hydroxyl groups is 1. The Labute approximate surface area is 115 Å². The van der Waals surface area contributed by atoms with Crippen LogP contribution in [-0.4, -0.2) is 23.5 Å². The summed E-state index contributed by atoms with van der Waals surface area (Å²) in [4.78, 5) is 15.0. The number of pyridine rings is 1. The standard InChI is InChI=1S/C14H13NO3S/c1-18-12-7-10(8-16)6-11(14(12)17)9-19-13-4-2-3-5-15-13/h2-8,17H,9H2,1H3. The highest BCUT2D eigenvalue weighted by Crippen LogP contribution is 2.34. The minimum Gasteiger partial charge on any atom is -0.504 e. The van der Waals surface area contributed by atoms with E-state index in [4.69, 9.17) is 4.74 Å². The minimum atomic E-state index is 0.0662. The molecule has 0 aliphatic rings. The van der Waals surface area contributed by atoms with Gasteiger partial charge in [-0.05, 0) is 24.3 Å². The van der Waals surface area contributed by atoms with Crippen LogP contribution < -0.4 is 4.74 Å². The van der Waals surface area contributed by atoms with E-state index in [1.165, 1.54) is 24.9 Å². The SMILES string of the molecule is COc1cc(C=O)cc(CSc2ccccn2)c1O. The first-order valence-corrected chi connectivity index (χ1v) is 6.62. The van der Waals surface area contributed by atoms with Crippen molar-refractivity contribution in [2.24, 2.45) is 0 Å². The normalized spacial score (nSPS) is 10.2. The molecule has 5 heteroatoms. The Kier molecular flexibility index (Phi) is 4.41. The molecule has 0 atom stereocenters. The molecule has 0 aliphatic carbocycles. The molecule has 0 unspecified atom stereocenters. The van der Waals surface area contributed by atoms with Gasteiger partial charge in [0, 0.05) is 23.1 Å². The maximum absolute atomic E-state index is 10.9. The number of hydrogen-bond donors (Lipinski definition) is 1. The summed E-state index contributed by atoms with van der Waals surface area (Å²) >= 11 is 1.48. The zero-order valence-corrected chi connectivity index (χ0v) is 11.2. The van der Waals surface area contributed by atoms with Gasteiger partial charge in [-0.3, -0.25) is 4.79 Å². The van der Waals surface area contributed by atoms with Crippen molar-refractivity contribution in [3.63, 3.8) is 0 Å². The topological polar surface area (TPSA) is 59.4 Å². The van der Waals surface area contributed by atoms with Crippen LogP contribution in [0.15, 0.2) is 41.6 Å². The molecule has 98 valence electrons. The Hall–Kier alpha value is -2.01. The molecule has 0 bridgehead atoms. The summed E-state index contributed by atoms with van der Waals surface area (Å²) in [5.74, 6) is 0.888. The first-order chi connectivity index (χ1) is 9.24. The van der Waals surface area contributed by atoms with Crippen molar-refractivity contribution < 1.29 is 14.6 Å². The number of phenols is 1. The fourth-order valence-electron chi connectivity index (χ4n) is 1.61. The number of benzene rings is 1. The molecule has 0 spiro atoms. The third kappa shape index (κ3) is 3.26. The number of carbonyl (C=O) groups is 1. The van der Waals surface area contributed by atoms with Crippen molar-refractivity contribution in [1.29, 1.82) is 0 Å². The zero-order valence-electron chi connectivity index (χ0n) is 10.4. The van der Waals surface area contributed by atoms with Crippen molar-refractivity contribution in [3.05, 3.63) is 47.7 Å². The molecule has 0 amide bonds. The van der Waals surface area contributed by atoms with E-state index in [0.29, 0.717) is 22.6 Å². The summed E-state index contributed by atoms with van der Waals surface area (Å²) in [5.41, 5.74) is 1.13. The molecule has 0 saturated heterocycles. The lowest BCUT2D eigenvalue weighted by Gasteiger charge is -2.09. The number of phenolic OH excluding ortho intramolecular Hbond substituents is 1. The van der Waals surface area contributed by atoms with E-state index in [9.17, 15) is 9.90 Å². The van der Waals surface area contributed by atoms with Gasteiger partial charge < -0.3 is 9.84 Å². The lowest BCUT2D eigenvalue weighted by Crippen LogP contribution is -1.92. The van der Waals surface area contributed by atoms with Gasteiger partial charge in [-0.1, -0.05) is 6.07 Å². The van der Waals surface area contributed by atoms with Crippen LogP contribution >= 0.6 is 11.8 Å². The number of nitrogens with zero attached hydrogens (tertiary/aromatic N) is 1. The number of thioether (sulfide) groups is 1. The summed E-state index contributed by atoms with van der Waals surface area (Å²) in [6, 6.07) is 8.80. The lowest BCUT2D eigenvalue weighted by molar-refractivity contribution is 0.112. The van der Waals surface area contributed by atoms with E-state index in [2.05, 4.69) is 4.98 Å². The Morgan fingerprint density at radius 2 is 2.26 bits per heavy atom. The monoisotopic (exact) mass is 275 g/mol. The van der Waals surface area contributed by atoms with Gasteiger partial charge in [0.1, 0.15) is 6.29 Å². The number of aldehydes is 1. The summed E-state index contributed by atoms with van der Waals surface area (Å²) in [6.07, 6.45) is 2.45. The van der Waals surface area contributed by atoms with Gasteiger partial charge in [0.05, 0.1) is 12.1 Å². The quantitative estimate of drug-likeness (QED) is 0.671. The predicted molar refractivity (Wildman–Crippen MR) is 73.8 cm³/mol. The maximum atomic E-state index is 10.9. The van der Waals surface area contributed by atoms with Crippen LogP contribution in [0.1, 0.15) is 15.9 Å². The van der Waals surface area contributed by atoms with Crippen LogP contribution in [0, 0.1) is 0 Å². The molecule has 0 saturated carbocycles. The number of aromatic nitrogens is 1. The highest BCUT2D eigenvalue weighted by Gasteiger charge is 2.11. The molecule has 1 N–H and O–H groups in total. The van der Waals surface area contributed by atoms with E-state index < -0.39 is 0 Å². The second-order valence-electron chi connectivity index (χ2n) is 3.81. The number of carbonyl (C=O) groups excluding carboxylic acids is 1. The third-order valence-electron chi connectivity index (χ3n) is 2.55. The number of rotatable bonds is 5. The van der Waals surface area contributed by atoms with Gasteiger partial charge in [0.25, 0.3) is 0 Å². The second kappa shape index (κ2) is 6.24. The Morgan fingerprint density at radius 3 is 2.89 bits per heavy atom. The molecule has 19 heavy (non-hydrogen) atoms. The lowest BCUT2D eigenvalue weighted by atomic mass is 10.1. The first-order valence-electron chi connectivity index (χ1n) is 5.63. The molecule has 0 radical (unpaired) electrons. The van der Waals surface area contributed by atoms with Crippen LogP contribution in [0.4, 0.5) is 0 Å². The molecule has 0 aliphatic heterocycles. The van der Waals surface area contributed by atoms with Crippen LogP contribution in [0.2, 0.25) is 0 Å². The number of hydrogen-bond acceptors (Lipinski definition) is 5. The molecule has 1 aromatic carbocycles. The molecule has 1 heterocycles. The van der Waals surface area contributed by atoms with E-state index in [1.807, 2.05) is 18.2 Å². The summed E-state index contributed by atoms with van der Waals surface area (Å²) in [7, 11) is 1.46. The van der Waals surface area contributed by atoms with Gasteiger partial charge in [-0.25, -0.2) is 4.98 Å². The minimum absolute atomic E-state index is 0.0662. The van der Waals surface area contributed by atoms with E-state index in [0.717, 1.165) is 11.3 Å². The molecule has 2 aromatic rings. The van der Waals surface area contributed by atoms with E-state index in [1.54, 1.807) is 12.3 Å². The molecule has 2 rings (SSSR count). The molecule has 0 fully saturated rings. The molecular formula is C14H13NO3S. The molecular weight excluding hydrogens is 262 g/mol. The highest BCUT2D eigenvalue weighted by atomic mass is 32.2. The van der Waals surface area contributed by atoms with Crippen LogP contribution in [-0.2, 0) is 5.75 Å². The van der Waals surface area contributed by atoms with Crippen molar-refractivity contribution in [3.8, 4) is 11.5 Å². The fraction of sp³-hybridized carbons (Fsp3) is 0.143. The van der Waals surface area contributed by atoms with E-state index in [-0.39, 0.29) is 5.75 Å². The van der Waals surface area contributed by atoms with Crippen molar-refractivity contribution in [2.45, 2.75) is 10.8 Å². The first kappa shape index (κ1) is 13.4. The number of methoxy groups -OCH3 is 1. The van der Waals surface area contributed by atoms with Crippen LogP contribution in [0.3, 0.4) is 0 Å². The Balaban J connectivity index is 2.22. The smallest absolute Gasteiger partial charge is 0.161 e. The molecule has 4 nitrogen and oxygen atoms in total. The van der Waals surface area contributed by atoms with Crippen molar-refractivity contribution >= 4 is 18.0 Å². The Morgan fingerprint density at radius 1 is 1.42 bits per heavy atom. The zero-order chi connectivity index (χ0) is 13.7. The van der Waals surface area contributed by atoms with Crippen LogP contribution in [0.25, 0.3) is 0 Å². The van der Waals surface area contributed by atoms with Crippen molar-refractivity contribution in [2.75, 3.05) is 7.11 Å². The van der Waals surface area contributed by atoms with Gasteiger partial charge >= 0.3 is 0 Å². The summed E-state index contributed by atoms with van der Waals surface area (Å²) in [6.45, 7) is 0. The van der Waals surface area contributed by atoms with Gasteiger partial charge in [0.2, 0.25) is 0 Å². The fourth-order valence-corrected chi connectivity index (χ4v) is 2.44. The van der Waals surface area contributed by atoms with Gasteiger partial charge in [0.15, 0.2) is 11.5 Å². The average Bonchev–Trinajstić information content (AvgIpc) is 2.47. The second-order valence-corrected chi connectivity index (χ2v) is 4.80. The van der Waals surface area contributed by atoms with Gasteiger partial charge in [-0.15, -0.1) is 11.8 Å². The van der Waals surface area contributed by atoms with Crippen LogP contribution in [0.5, 0.6) is 11.5 Å². The maximum Gasteiger partial charge on any atom is 0.161 e. The Bertz CT molecular complexity index is 572. The molecule has 1 aromatic heterocycles. The van der Waals surface area contributed by atoms with E-state index >= 15 is 0 Å². The summed E-state index contributed by atoms with van der Waals surface area (Å²) in [5, 5.41) is 10.9. The average molecular weight is 275 g/mol. The van der Waals surface area contributed by atoms with Gasteiger partial charge in [-0.2, -0.15) is 0 Å². The van der Waals surface area contributed by atoms with Crippen molar-refractivity contribution in [1.82, 2.24) is 4.98 Å². The number of ether oxygens (including phenoxy) is 1. The third-order valence-corrected chi connectivity index (χ3v) is 3.54. The largest absolute Gasteiger partial charge is 0.504 e. The highest BCUT2D eigenvalue weighted by molar-refractivity contribution is 7.98.